The smallest absolute Gasteiger partial charge is 0.322 e. The Bertz CT molecular complexity index is 1260. The topological polar surface area (TPSA) is 252 Å². The molecule has 2 aromatic rings. The fraction of sp³-hybridized carbons (Fsp3) is 0.469. The molecule has 0 aliphatic carbocycles. The predicted octanol–water partition coefficient (Wildman–Crippen LogP) is -0.582. The summed E-state index contributed by atoms with van der Waals surface area (Å²) in [7, 11) is 0. The third kappa shape index (κ3) is 14.1. The lowest BCUT2D eigenvalue weighted by Crippen LogP contribution is -2.58. The predicted molar refractivity (Wildman–Crippen MR) is 172 cm³/mol. The van der Waals surface area contributed by atoms with Gasteiger partial charge in [0.25, 0.3) is 0 Å². The molecule has 12 N–H and O–H groups in total. The van der Waals surface area contributed by atoms with Gasteiger partial charge in [-0.1, -0.05) is 42.5 Å². The van der Waals surface area contributed by atoms with Crippen LogP contribution in [0.15, 0.2) is 54.6 Å². The van der Waals surface area contributed by atoms with E-state index >= 15 is 0 Å². The maximum Gasteiger partial charge on any atom is 0.322 e. The van der Waals surface area contributed by atoms with Crippen LogP contribution in [-0.4, -0.2) is 83.6 Å². The number of rotatable bonds is 21. The van der Waals surface area contributed by atoms with E-state index in [0.717, 1.165) is 5.56 Å². The number of hydrogen-bond donors (Lipinski definition) is 9. The number of amides is 4. The van der Waals surface area contributed by atoms with Crippen LogP contribution in [-0.2, 0) is 36.8 Å². The van der Waals surface area contributed by atoms with Crippen molar-refractivity contribution < 1.29 is 34.2 Å². The van der Waals surface area contributed by atoms with E-state index in [4.69, 9.17) is 22.3 Å². The van der Waals surface area contributed by atoms with E-state index in [9.17, 15) is 29.1 Å². The van der Waals surface area contributed by atoms with E-state index in [1.54, 1.807) is 12.1 Å². The highest BCUT2D eigenvalue weighted by Crippen LogP contribution is 2.13. The Hall–Kier alpha value is -4.53. The van der Waals surface area contributed by atoms with E-state index in [-0.39, 0.29) is 31.4 Å². The third-order valence-corrected chi connectivity index (χ3v) is 7.22. The van der Waals surface area contributed by atoms with Crippen LogP contribution in [0.1, 0.15) is 49.7 Å². The van der Waals surface area contributed by atoms with E-state index in [1.165, 1.54) is 12.1 Å². The van der Waals surface area contributed by atoms with Crippen LogP contribution < -0.4 is 38.5 Å². The van der Waals surface area contributed by atoms with Crippen LogP contribution in [0.4, 0.5) is 0 Å². The van der Waals surface area contributed by atoms with Gasteiger partial charge < -0.3 is 48.7 Å². The first-order valence-electron chi connectivity index (χ1n) is 15.4. The zero-order valence-electron chi connectivity index (χ0n) is 26.0. The number of aromatic hydroxyl groups is 1. The van der Waals surface area contributed by atoms with Crippen molar-refractivity contribution in [2.24, 2.45) is 17.2 Å². The standard InChI is InChI=1S/C32H47N7O7/c33-16-6-4-10-25(30(44)36-20-28(41)42)38-32(46)27(19-22-12-14-23(40)15-13-22)39-31(45)26(11-5-7-17-34)37-29(43)24(35)18-21-8-2-1-3-9-21/h1-3,8-9,12-15,24-27,40H,4-7,10-11,16-20,33-35H2,(H,36,44)(H,37,43)(H,38,46)(H,39,45)(H,41,42)/t24-,25-,26-,27-/m0/s1. The lowest BCUT2D eigenvalue weighted by molar-refractivity contribution is -0.138. The van der Waals surface area contributed by atoms with E-state index in [2.05, 4.69) is 21.3 Å². The molecule has 0 bridgehead atoms. The zero-order valence-corrected chi connectivity index (χ0v) is 26.0. The van der Waals surface area contributed by atoms with Crippen LogP contribution >= 0.6 is 0 Å². The molecule has 4 atom stereocenters. The molecule has 0 fully saturated rings. The minimum absolute atomic E-state index is 0.0124. The van der Waals surface area contributed by atoms with Gasteiger partial charge in [0.2, 0.25) is 23.6 Å². The average Bonchev–Trinajstić information content (AvgIpc) is 3.03. The van der Waals surface area contributed by atoms with Crippen molar-refractivity contribution in [2.45, 2.75) is 75.5 Å². The fourth-order valence-electron chi connectivity index (χ4n) is 4.67. The highest BCUT2D eigenvalue weighted by Gasteiger charge is 2.30. The molecule has 14 heteroatoms. The summed E-state index contributed by atoms with van der Waals surface area (Å²) in [4.78, 5) is 64.1. The van der Waals surface area contributed by atoms with Gasteiger partial charge in [0.05, 0.1) is 6.04 Å². The van der Waals surface area contributed by atoms with Crippen molar-refractivity contribution >= 4 is 29.6 Å². The number of nitrogens with one attached hydrogen (secondary N) is 4. The maximum absolute atomic E-state index is 13.6. The summed E-state index contributed by atoms with van der Waals surface area (Å²) in [5, 5.41) is 29.0. The number of nitrogens with two attached hydrogens (primary N) is 3. The number of carboxylic acids is 1. The van der Waals surface area contributed by atoms with Crippen molar-refractivity contribution in [3.63, 3.8) is 0 Å². The van der Waals surface area contributed by atoms with Gasteiger partial charge in [-0.15, -0.1) is 0 Å². The van der Waals surface area contributed by atoms with Crippen LogP contribution in [0.5, 0.6) is 5.75 Å². The Balaban J connectivity index is 2.27. The number of hydrogen-bond acceptors (Lipinski definition) is 9. The quantitative estimate of drug-likeness (QED) is 0.0784. The van der Waals surface area contributed by atoms with Gasteiger partial charge in [0.15, 0.2) is 0 Å². The second-order valence-corrected chi connectivity index (χ2v) is 11.0. The molecule has 0 saturated heterocycles. The minimum atomic E-state index is -1.25. The summed E-state index contributed by atoms with van der Waals surface area (Å²) in [6, 6.07) is 11.0. The Morgan fingerprint density at radius 3 is 1.70 bits per heavy atom. The Labute approximate surface area is 268 Å². The molecule has 0 radical (unpaired) electrons. The van der Waals surface area contributed by atoms with E-state index in [1.807, 2.05) is 30.3 Å². The number of phenols is 1. The second kappa shape index (κ2) is 20.5. The van der Waals surface area contributed by atoms with Gasteiger partial charge in [-0.2, -0.15) is 0 Å². The lowest BCUT2D eigenvalue weighted by atomic mass is 10.0. The van der Waals surface area contributed by atoms with Crippen LogP contribution in [0.25, 0.3) is 0 Å². The molecule has 0 saturated carbocycles. The van der Waals surface area contributed by atoms with E-state index in [0.29, 0.717) is 44.3 Å². The van der Waals surface area contributed by atoms with E-state index < -0.39 is 60.3 Å². The molecular weight excluding hydrogens is 594 g/mol. The van der Waals surface area contributed by atoms with Gasteiger partial charge >= 0.3 is 5.97 Å². The largest absolute Gasteiger partial charge is 0.508 e. The summed E-state index contributed by atoms with van der Waals surface area (Å²) in [5.41, 5.74) is 18.8. The summed E-state index contributed by atoms with van der Waals surface area (Å²) >= 11 is 0. The number of carbonyl (C=O) groups is 5. The number of phenolic OH excluding ortho intramolecular Hbond substituents is 1. The molecule has 0 aromatic heterocycles. The molecule has 2 aromatic carbocycles. The average molecular weight is 642 g/mol. The molecule has 46 heavy (non-hydrogen) atoms. The van der Waals surface area contributed by atoms with Crippen LogP contribution in [0.3, 0.4) is 0 Å². The normalized spacial score (nSPS) is 13.5. The van der Waals surface area contributed by atoms with Crippen molar-refractivity contribution in [1.29, 1.82) is 0 Å². The van der Waals surface area contributed by atoms with Gasteiger partial charge in [-0.3, -0.25) is 24.0 Å². The number of carboxylic acid groups (broad SMARTS) is 1. The molecule has 0 aliphatic rings. The molecule has 2 rings (SSSR count). The molecular formula is C32H47N7O7. The van der Waals surface area contributed by atoms with Crippen molar-refractivity contribution in [2.75, 3.05) is 19.6 Å². The number of unbranched alkanes of at least 4 members (excludes halogenated alkanes) is 2. The molecule has 252 valence electrons. The molecule has 0 unspecified atom stereocenters. The van der Waals surface area contributed by atoms with Crippen molar-refractivity contribution in [3.8, 4) is 5.75 Å². The monoisotopic (exact) mass is 641 g/mol. The summed E-state index contributed by atoms with van der Waals surface area (Å²) in [6.45, 7) is 0.118. The maximum atomic E-state index is 13.6. The Morgan fingerprint density at radius 2 is 1.13 bits per heavy atom. The molecule has 0 aliphatic heterocycles. The Morgan fingerprint density at radius 1 is 0.630 bits per heavy atom. The van der Waals surface area contributed by atoms with Crippen molar-refractivity contribution in [1.82, 2.24) is 21.3 Å². The van der Waals surface area contributed by atoms with Gasteiger partial charge in [-0.05, 0) is 81.3 Å². The summed E-state index contributed by atoms with van der Waals surface area (Å²) < 4.78 is 0. The fourth-order valence-corrected chi connectivity index (χ4v) is 4.67. The highest BCUT2D eigenvalue weighted by molar-refractivity contribution is 5.95. The Kier molecular flexibility index (Phi) is 16.8. The first kappa shape index (κ1) is 37.7. The third-order valence-electron chi connectivity index (χ3n) is 7.22. The first-order valence-corrected chi connectivity index (χ1v) is 15.4. The lowest BCUT2D eigenvalue weighted by Gasteiger charge is -2.26. The summed E-state index contributed by atoms with van der Waals surface area (Å²) in [6.07, 6.45) is 2.84. The number of carbonyl (C=O) groups excluding carboxylic acids is 4. The first-order chi connectivity index (χ1) is 22.0. The summed E-state index contributed by atoms with van der Waals surface area (Å²) in [5.74, 6) is -3.79. The van der Waals surface area contributed by atoms with Gasteiger partial charge in [0, 0.05) is 6.42 Å². The van der Waals surface area contributed by atoms with Gasteiger partial charge in [-0.25, -0.2) is 0 Å². The number of aliphatic carboxylic acids is 1. The van der Waals surface area contributed by atoms with Crippen LogP contribution in [0.2, 0.25) is 0 Å². The molecule has 14 nitrogen and oxygen atoms in total. The zero-order chi connectivity index (χ0) is 33.9. The highest BCUT2D eigenvalue weighted by atomic mass is 16.4. The number of benzene rings is 2. The van der Waals surface area contributed by atoms with Crippen LogP contribution in [0, 0.1) is 0 Å². The molecule has 0 spiro atoms. The minimum Gasteiger partial charge on any atom is -0.508 e. The molecule has 4 amide bonds. The van der Waals surface area contributed by atoms with Crippen molar-refractivity contribution in [3.05, 3.63) is 65.7 Å². The SMILES string of the molecule is NCCCC[C@H](NC(=O)[C@H](Cc1ccc(O)cc1)NC(=O)[C@H](CCCCN)NC(=O)[C@@H](N)Cc1ccccc1)C(=O)NCC(=O)O. The molecule has 0 heterocycles. The second-order valence-electron chi connectivity index (χ2n) is 11.0. The van der Waals surface area contributed by atoms with Gasteiger partial charge in [0.1, 0.15) is 30.4 Å².